The number of carbonyl (C=O) groups excluding carboxylic acids is 3. The highest BCUT2D eigenvalue weighted by molar-refractivity contribution is 5.86. The fourth-order valence-electron chi connectivity index (χ4n) is 2.31. The van der Waals surface area contributed by atoms with Crippen LogP contribution in [0.4, 0.5) is 4.79 Å². The number of hydrogen-bond acceptors (Lipinski definition) is 4. The van der Waals surface area contributed by atoms with E-state index in [4.69, 9.17) is 5.21 Å². The monoisotopic (exact) mass is 376 g/mol. The van der Waals surface area contributed by atoms with Crippen molar-refractivity contribution in [3.63, 3.8) is 0 Å². The highest BCUT2D eigenvalue weighted by Gasteiger charge is 2.19. The van der Waals surface area contributed by atoms with E-state index < -0.39 is 18.0 Å². The summed E-state index contributed by atoms with van der Waals surface area (Å²) in [6.07, 6.45) is 5.06. The molecule has 27 heavy (non-hydrogen) atoms. The van der Waals surface area contributed by atoms with E-state index in [0.717, 1.165) is 18.4 Å². The first-order valence-electron chi connectivity index (χ1n) is 9.14. The maximum Gasteiger partial charge on any atom is 0.315 e. The molecular formula is C19H28N4O4. The third-order valence-electron chi connectivity index (χ3n) is 3.83. The molecule has 0 spiro atoms. The molecule has 4 N–H and O–H groups in total. The maximum atomic E-state index is 12.0. The Hall–Kier alpha value is -2.74. The number of unbranched alkanes of at least 4 members (excludes halogenated alkanes) is 2. The summed E-state index contributed by atoms with van der Waals surface area (Å²) in [6.45, 7) is 2.33. The lowest BCUT2D eigenvalue weighted by Gasteiger charge is -2.17. The molecule has 148 valence electrons. The van der Waals surface area contributed by atoms with Gasteiger partial charge in [0, 0.05) is 19.2 Å². The van der Waals surface area contributed by atoms with Crippen LogP contribution in [-0.2, 0) is 16.1 Å². The summed E-state index contributed by atoms with van der Waals surface area (Å²) in [5.41, 5.74) is 2.49. The predicted octanol–water partition coefficient (Wildman–Crippen LogP) is 2.32. The van der Waals surface area contributed by atoms with Gasteiger partial charge in [-0.25, -0.2) is 15.3 Å². The number of nitrogens with zero attached hydrogens (tertiary/aromatic N) is 1. The van der Waals surface area contributed by atoms with Gasteiger partial charge >= 0.3 is 6.03 Å². The van der Waals surface area contributed by atoms with Crippen LogP contribution in [0, 0.1) is 0 Å². The van der Waals surface area contributed by atoms with Gasteiger partial charge in [-0.1, -0.05) is 43.7 Å². The molecule has 8 heteroatoms. The van der Waals surface area contributed by atoms with Crippen molar-refractivity contribution in [2.24, 2.45) is 4.99 Å². The minimum Gasteiger partial charge on any atom is -0.334 e. The largest absolute Gasteiger partial charge is 0.334 e. The summed E-state index contributed by atoms with van der Waals surface area (Å²) >= 11 is 0. The number of benzene rings is 1. The summed E-state index contributed by atoms with van der Waals surface area (Å²) in [5, 5.41) is 14.0. The Morgan fingerprint density at radius 1 is 1.19 bits per heavy atom. The standard InChI is InChI=1S/C19H28N4O4/c1-2-3-12-17(24)20-13-8-7-11-16(18(25)23-27)22-19(26)21-14-15-9-5-4-6-10-15/h4-6,9-10,13,16,27H,2-3,7-8,11-12,14H2,1H3,(H,23,25)(H2,21,22,26)/t16-/m0/s1. The van der Waals surface area contributed by atoms with Crippen LogP contribution in [0.5, 0.6) is 0 Å². The molecule has 1 aromatic rings. The van der Waals surface area contributed by atoms with Crippen LogP contribution in [0.1, 0.15) is 51.0 Å². The lowest BCUT2D eigenvalue weighted by molar-refractivity contribution is -0.131. The third-order valence-corrected chi connectivity index (χ3v) is 3.83. The number of nitrogens with one attached hydrogen (secondary N) is 3. The Labute approximate surface area is 159 Å². The van der Waals surface area contributed by atoms with Crippen LogP contribution < -0.4 is 16.1 Å². The fourth-order valence-corrected chi connectivity index (χ4v) is 2.31. The average molecular weight is 376 g/mol. The van der Waals surface area contributed by atoms with E-state index in [2.05, 4.69) is 15.6 Å². The number of rotatable bonds is 11. The van der Waals surface area contributed by atoms with Crippen molar-refractivity contribution in [3.8, 4) is 0 Å². The van der Waals surface area contributed by atoms with Gasteiger partial charge < -0.3 is 10.6 Å². The Morgan fingerprint density at radius 3 is 2.59 bits per heavy atom. The van der Waals surface area contributed by atoms with Crippen molar-refractivity contribution in [3.05, 3.63) is 35.9 Å². The van der Waals surface area contributed by atoms with Gasteiger partial charge in [-0.15, -0.1) is 0 Å². The topological polar surface area (TPSA) is 120 Å². The average Bonchev–Trinajstić information content (AvgIpc) is 2.69. The van der Waals surface area contributed by atoms with Gasteiger partial charge in [0.25, 0.3) is 5.91 Å². The van der Waals surface area contributed by atoms with Crippen molar-refractivity contribution in [1.82, 2.24) is 16.1 Å². The quantitative estimate of drug-likeness (QED) is 0.205. The van der Waals surface area contributed by atoms with Gasteiger partial charge in [0.05, 0.1) is 0 Å². The van der Waals surface area contributed by atoms with Gasteiger partial charge in [0.1, 0.15) is 6.04 Å². The van der Waals surface area contributed by atoms with E-state index in [-0.39, 0.29) is 5.91 Å². The van der Waals surface area contributed by atoms with E-state index in [9.17, 15) is 14.4 Å². The molecule has 0 bridgehead atoms. The molecule has 1 rings (SSSR count). The number of carbonyl (C=O) groups is 3. The molecule has 0 fully saturated rings. The zero-order valence-electron chi connectivity index (χ0n) is 15.6. The molecule has 0 saturated heterocycles. The first-order valence-corrected chi connectivity index (χ1v) is 9.14. The van der Waals surface area contributed by atoms with Crippen LogP contribution in [0.3, 0.4) is 0 Å². The van der Waals surface area contributed by atoms with Crippen LogP contribution in [0.15, 0.2) is 35.3 Å². The minimum absolute atomic E-state index is 0.153. The van der Waals surface area contributed by atoms with Crippen molar-refractivity contribution >= 4 is 24.1 Å². The first-order chi connectivity index (χ1) is 13.1. The van der Waals surface area contributed by atoms with Crippen molar-refractivity contribution in [1.29, 1.82) is 0 Å². The summed E-state index contributed by atoms with van der Waals surface area (Å²) < 4.78 is 0. The smallest absolute Gasteiger partial charge is 0.315 e. The van der Waals surface area contributed by atoms with Crippen molar-refractivity contribution < 1.29 is 19.6 Å². The highest BCUT2D eigenvalue weighted by atomic mass is 16.5. The second-order valence-corrected chi connectivity index (χ2v) is 6.08. The minimum atomic E-state index is -0.880. The van der Waals surface area contributed by atoms with Crippen molar-refractivity contribution in [2.75, 3.05) is 0 Å². The van der Waals surface area contributed by atoms with Crippen LogP contribution in [0.2, 0.25) is 0 Å². The zero-order chi connectivity index (χ0) is 19.9. The molecule has 0 saturated carbocycles. The first kappa shape index (κ1) is 22.3. The molecule has 0 aliphatic heterocycles. The van der Waals surface area contributed by atoms with Crippen molar-refractivity contribution in [2.45, 2.75) is 58.0 Å². The van der Waals surface area contributed by atoms with E-state index in [0.29, 0.717) is 32.2 Å². The molecule has 4 amide bonds. The van der Waals surface area contributed by atoms with Crippen LogP contribution >= 0.6 is 0 Å². The SMILES string of the molecule is CCCCC(=O)N=CCCC[C@H](NC(=O)NCc1ccccc1)C(=O)NO. The number of urea groups is 1. The molecule has 0 unspecified atom stereocenters. The number of amides is 4. The number of aliphatic imine (C=N–C) groups is 1. The Kier molecular flexibility index (Phi) is 11.1. The molecule has 0 radical (unpaired) electrons. The van der Waals surface area contributed by atoms with E-state index in [1.165, 1.54) is 6.21 Å². The normalized spacial score (nSPS) is 11.8. The molecule has 0 aromatic heterocycles. The molecular weight excluding hydrogens is 348 g/mol. The number of hydroxylamine groups is 1. The maximum absolute atomic E-state index is 12.0. The van der Waals surface area contributed by atoms with Gasteiger partial charge in [-0.05, 0) is 31.2 Å². The molecule has 0 aliphatic carbocycles. The van der Waals surface area contributed by atoms with Gasteiger partial charge in [-0.2, -0.15) is 0 Å². The summed E-state index contributed by atoms with van der Waals surface area (Å²) in [4.78, 5) is 39.0. The van der Waals surface area contributed by atoms with E-state index in [1.54, 1.807) is 5.48 Å². The summed E-state index contributed by atoms with van der Waals surface area (Å²) in [5.74, 6) is -0.847. The lowest BCUT2D eigenvalue weighted by Crippen LogP contribution is -2.49. The van der Waals surface area contributed by atoms with Crippen LogP contribution in [0.25, 0.3) is 0 Å². The molecule has 0 heterocycles. The highest BCUT2D eigenvalue weighted by Crippen LogP contribution is 2.02. The van der Waals surface area contributed by atoms with E-state index in [1.807, 2.05) is 37.3 Å². The third kappa shape index (κ3) is 10.1. The predicted molar refractivity (Wildman–Crippen MR) is 102 cm³/mol. The Morgan fingerprint density at radius 2 is 1.93 bits per heavy atom. The Balaban J connectivity index is 2.37. The molecule has 1 atom stereocenters. The van der Waals surface area contributed by atoms with E-state index >= 15 is 0 Å². The second kappa shape index (κ2) is 13.5. The van der Waals surface area contributed by atoms with Gasteiger partial charge in [0.2, 0.25) is 5.91 Å². The Bertz CT molecular complexity index is 619. The molecule has 8 nitrogen and oxygen atoms in total. The lowest BCUT2D eigenvalue weighted by atomic mass is 10.1. The van der Waals surface area contributed by atoms with Gasteiger partial charge in [0.15, 0.2) is 0 Å². The molecule has 0 aliphatic rings. The van der Waals surface area contributed by atoms with Gasteiger partial charge in [-0.3, -0.25) is 14.8 Å². The fraction of sp³-hybridized carbons (Fsp3) is 0.474. The second-order valence-electron chi connectivity index (χ2n) is 6.08. The number of hydrogen-bond donors (Lipinski definition) is 4. The zero-order valence-corrected chi connectivity index (χ0v) is 15.6. The molecule has 1 aromatic carbocycles. The van der Waals surface area contributed by atoms with Crippen LogP contribution in [-0.4, -0.2) is 35.3 Å². The summed E-state index contributed by atoms with van der Waals surface area (Å²) in [7, 11) is 0. The summed E-state index contributed by atoms with van der Waals surface area (Å²) in [6, 6.07) is 7.98.